The number of hydrogen-bond acceptors (Lipinski definition) is 4. The molecule has 1 heterocycles. The SMILES string of the molecule is Cc1cccc(C)c1NCCC(=O)Nc1ccc(N2CCN(C)CC2)cc1. The Kier molecular flexibility index (Phi) is 6.35. The minimum absolute atomic E-state index is 0.0288. The number of para-hydroxylation sites is 1. The highest BCUT2D eigenvalue weighted by atomic mass is 16.1. The summed E-state index contributed by atoms with van der Waals surface area (Å²) in [6, 6.07) is 14.4. The van der Waals surface area contributed by atoms with Crippen molar-refractivity contribution in [3.05, 3.63) is 53.6 Å². The Bertz CT molecular complexity index is 744. The van der Waals surface area contributed by atoms with E-state index in [9.17, 15) is 4.79 Å². The monoisotopic (exact) mass is 366 g/mol. The van der Waals surface area contributed by atoms with Gasteiger partial charge >= 0.3 is 0 Å². The van der Waals surface area contributed by atoms with Crippen LogP contribution in [0.15, 0.2) is 42.5 Å². The number of nitrogens with one attached hydrogen (secondary N) is 2. The zero-order chi connectivity index (χ0) is 19.2. The molecule has 0 aromatic heterocycles. The van der Waals surface area contributed by atoms with Gasteiger partial charge in [0.1, 0.15) is 0 Å². The molecule has 144 valence electrons. The zero-order valence-corrected chi connectivity index (χ0v) is 16.6. The number of rotatable bonds is 6. The Morgan fingerprint density at radius 2 is 1.59 bits per heavy atom. The van der Waals surface area contributed by atoms with Crippen LogP contribution in [0.5, 0.6) is 0 Å². The number of aryl methyl sites for hydroxylation is 2. The van der Waals surface area contributed by atoms with E-state index in [1.807, 2.05) is 18.2 Å². The number of hydrogen-bond donors (Lipinski definition) is 2. The van der Waals surface area contributed by atoms with Crippen LogP contribution in [0.4, 0.5) is 17.1 Å². The predicted molar refractivity (Wildman–Crippen MR) is 114 cm³/mol. The van der Waals surface area contributed by atoms with E-state index in [1.54, 1.807) is 0 Å². The molecule has 2 N–H and O–H groups in total. The molecule has 0 radical (unpaired) electrons. The topological polar surface area (TPSA) is 47.6 Å². The first-order chi connectivity index (χ1) is 13.0. The highest BCUT2D eigenvalue weighted by molar-refractivity contribution is 5.91. The molecular weight excluding hydrogens is 336 g/mol. The van der Waals surface area contributed by atoms with E-state index in [4.69, 9.17) is 0 Å². The molecule has 3 rings (SSSR count). The van der Waals surface area contributed by atoms with E-state index in [2.05, 4.69) is 65.6 Å². The second-order valence-corrected chi connectivity index (χ2v) is 7.33. The van der Waals surface area contributed by atoms with Crippen LogP contribution in [0.3, 0.4) is 0 Å². The van der Waals surface area contributed by atoms with Gasteiger partial charge in [0, 0.05) is 56.2 Å². The van der Waals surface area contributed by atoms with Crippen molar-refractivity contribution in [3.63, 3.8) is 0 Å². The van der Waals surface area contributed by atoms with Gasteiger partial charge in [0.2, 0.25) is 5.91 Å². The van der Waals surface area contributed by atoms with Crippen molar-refractivity contribution in [3.8, 4) is 0 Å². The summed E-state index contributed by atoms with van der Waals surface area (Å²) in [5.74, 6) is 0.0288. The summed E-state index contributed by atoms with van der Waals surface area (Å²) in [4.78, 5) is 17.0. The second-order valence-electron chi connectivity index (χ2n) is 7.33. The highest BCUT2D eigenvalue weighted by Gasteiger charge is 2.14. The molecule has 2 aromatic rings. The number of carbonyl (C=O) groups excluding carboxylic acids is 1. The predicted octanol–water partition coefficient (Wildman–Crippen LogP) is 3.50. The van der Waals surface area contributed by atoms with E-state index in [0.29, 0.717) is 13.0 Å². The van der Waals surface area contributed by atoms with E-state index in [0.717, 1.165) is 37.6 Å². The van der Waals surface area contributed by atoms with Crippen LogP contribution in [0.1, 0.15) is 17.5 Å². The third-order valence-corrected chi connectivity index (χ3v) is 5.15. The number of anilines is 3. The van der Waals surface area contributed by atoms with E-state index >= 15 is 0 Å². The number of carbonyl (C=O) groups is 1. The van der Waals surface area contributed by atoms with Crippen LogP contribution in [0.25, 0.3) is 0 Å². The van der Waals surface area contributed by atoms with E-state index < -0.39 is 0 Å². The van der Waals surface area contributed by atoms with Crippen molar-refractivity contribution in [1.29, 1.82) is 0 Å². The smallest absolute Gasteiger partial charge is 0.226 e. The summed E-state index contributed by atoms with van der Waals surface area (Å²) in [6.07, 6.45) is 0.438. The molecule has 0 bridgehead atoms. The minimum atomic E-state index is 0.0288. The standard InChI is InChI=1S/C22H30N4O/c1-17-5-4-6-18(2)22(17)23-12-11-21(27)24-19-7-9-20(10-8-19)26-15-13-25(3)14-16-26/h4-10,23H,11-16H2,1-3H3,(H,24,27). The molecule has 2 aromatic carbocycles. The maximum atomic E-state index is 12.2. The Morgan fingerprint density at radius 3 is 2.22 bits per heavy atom. The summed E-state index contributed by atoms with van der Waals surface area (Å²) >= 11 is 0. The maximum absolute atomic E-state index is 12.2. The summed E-state index contributed by atoms with van der Waals surface area (Å²) in [6.45, 7) is 9.06. The Morgan fingerprint density at radius 1 is 0.963 bits per heavy atom. The third kappa shape index (κ3) is 5.23. The molecule has 5 heteroatoms. The molecule has 0 atom stereocenters. The van der Waals surface area contributed by atoms with Gasteiger partial charge in [-0.15, -0.1) is 0 Å². The van der Waals surface area contributed by atoms with Gasteiger partial charge in [-0.2, -0.15) is 0 Å². The lowest BCUT2D eigenvalue weighted by atomic mass is 10.1. The van der Waals surface area contributed by atoms with Crippen LogP contribution < -0.4 is 15.5 Å². The van der Waals surface area contributed by atoms with Gasteiger partial charge in [-0.05, 0) is 56.3 Å². The molecule has 0 unspecified atom stereocenters. The lowest BCUT2D eigenvalue weighted by Gasteiger charge is -2.34. The van der Waals surface area contributed by atoms with Gasteiger partial charge < -0.3 is 20.4 Å². The van der Waals surface area contributed by atoms with Crippen molar-refractivity contribution in [2.75, 3.05) is 55.3 Å². The molecule has 1 aliphatic rings. The fourth-order valence-corrected chi connectivity index (χ4v) is 3.44. The molecule has 1 amide bonds. The normalized spacial score (nSPS) is 14.9. The van der Waals surface area contributed by atoms with Crippen molar-refractivity contribution < 1.29 is 4.79 Å². The lowest BCUT2D eigenvalue weighted by molar-refractivity contribution is -0.115. The molecule has 0 aliphatic carbocycles. The fourth-order valence-electron chi connectivity index (χ4n) is 3.44. The summed E-state index contributed by atoms with van der Waals surface area (Å²) in [7, 11) is 2.16. The molecule has 0 spiro atoms. The molecule has 1 aliphatic heterocycles. The fraction of sp³-hybridized carbons (Fsp3) is 0.409. The van der Waals surface area contributed by atoms with Crippen LogP contribution in [-0.4, -0.2) is 50.6 Å². The van der Waals surface area contributed by atoms with Gasteiger partial charge in [-0.3, -0.25) is 4.79 Å². The zero-order valence-electron chi connectivity index (χ0n) is 16.6. The van der Waals surface area contributed by atoms with E-state index in [1.165, 1.54) is 16.8 Å². The number of likely N-dealkylation sites (N-methyl/N-ethyl adjacent to an activating group) is 1. The lowest BCUT2D eigenvalue weighted by Crippen LogP contribution is -2.44. The van der Waals surface area contributed by atoms with Gasteiger partial charge in [-0.1, -0.05) is 18.2 Å². The van der Waals surface area contributed by atoms with Crippen LogP contribution in [-0.2, 0) is 4.79 Å². The van der Waals surface area contributed by atoms with Gasteiger partial charge in [-0.25, -0.2) is 0 Å². The van der Waals surface area contributed by atoms with Crippen LogP contribution >= 0.6 is 0 Å². The van der Waals surface area contributed by atoms with Gasteiger partial charge in [0.25, 0.3) is 0 Å². The average Bonchev–Trinajstić information content (AvgIpc) is 2.65. The van der Waals surface area contributed by atoms with Crippen molar-refractivity contribution in [2.45, 2.75) is 20.3 Å². The van der Waals surface area contributed by atoms with Crippen LogP contribution in [0.2, 0.25) is 0 Å². The molecular formula is C22H30N4O. The molecule has 5 nitrogen and oxygen atoms in total. The van der Waals surface area contributed by atoms with Crippen molar-refractivity contribution in [2.24, 2.45) is 0 Å². The average molecular weight is 367 g/mol. The first-order valence-electron chi connectivity index (χ1n) is 9.66. The minimum Gasteiger partial charge on any atom is -0.384 e. The summed E-state index contributed by atoms with van der Waals surface area (Å²) in [5, 5.41) is 6.37. The van der Waals surface area contributed by atoms with Crippen molar-refractivity contribution in [1.82, 2.24) is 4.90 Å². The van der Waals surface area contributed by atoms with E-state index in [-0.39, 0.29) is 5.91 Å². The second kappa shape index (κ2) is 8.91. The number of nitrogens with zero attached hydrogens (tertiary/aromatic N) is 2. The third-order valence-electron chi connectivity index (χ3n) is 5.15. The molecule has 1 fully saturated rings. The van der Waals surface area contributed by atoms with Gasteiger partial charge in [0.15, 0.2) is 0 Å². The summed E-state index contributed by atoms with van der Waals surface area (Å²) < 4.78 is 0. The molecule has 27 heavy (non-hydrogen) atoms. The first kappa shape index (κ1) is 19.2. The highest BCUT2D eigenvalue weighted by Crippen LogP contribution is 2.20. The quantitative estimate of drug-likeness (QED) is 0.822. The first-order valence-corrected chi connectivity index (χ1v) is 9.66. The summed E-state index contributed by atoms with van der Waals surface area (Å²) in [5.41, 5.74) is 5.61. The molecule has 0 saturated carbocycles. The largest absolute Gasteiger partial charge is 0.384 e. The Hall–Kier alpha value is -2.53. The Labute approximate surface area is 162 Å². The van der Waals surface area contributed by atoms with Crippen LogP contribution in [0, 0.1) is 13.8 Å². The number of amides is 1. The number of piperazine rings is 1. The Balaban J connectivity index is 1.46. The number of benzene rings is 2. The molecule has 1 saturated heterocycles. The maximum Gasteiger partial charge on any atom is 0.226 e. The van der Waals surface area contributed by atoms with Gasteiger partial charge in [0.05, 0.1) is 0 Å². The van der Waals surface area contributed by atoms with Crippen molar-refractivity contribution >= 4 is 23.0 Å².